The SMILES string of the molecule is CC(O)(CNC(=O)C1CC1C1CCCCC1)C(=O)O. The van der Waals surface area contributed by atoms with E-state index >= 15 is 0 Å². The minimum absolute atomic E-state index is 0.0349. The molecule has 5 heteroatoms. The van der Waals surface area contributed by atoms with Gasteiger partial charge in [0.25, 0.3) is 0 Å². The highest BCUT2D eigenvalue weighted by Gasteiger charge is 2.47. The Bertz CT molecular complexity index is 360. The molecule has 2 fully saturated rings. The molecule has 0 radical (unpaired) electrons. The Morgan fingerprint density at radius 1 is 1.26 bits per heavy atom. The van der Waals surface area contributed by atoms with Crippen molar-refractivity contribution in [2.24, 2.45) is 17.8 Å². The number of hydrogen-bond donors (Lipinski definition) is 3. The Morgan fingerprint density at radius 2 is 1.89 bits per heavy atom. The Hall–Kier alpha value is -1.10. The first-order valence-corrected chi connectivity index (χ1v) is 7.15. The van der Waals surface area contributed by atoms with Gasteiger partial charge < -0.3 is 15.5 Å². The Balaban J connectivity index is 1.75. The van der Waals surface area contributed by atoms with Gasteiger partial charge in [-0.25, -0.2) is 4.79 Å². The van der Waals surface area contributed by atoms with Crippen LogP contribution in [0.15, 0.2) is 0 Å². The first kappa shape index (κ1) is 14.3. The van der Waals surface area contributed by atoms with E-state index < -0.39 is 11.6 Å². The van der Waals surface area contributed by atoms with Crippen molar-refractivity contribution in [3.05, 3.63) is 0 Å². The third kappa shape index (κ3) is 3.47. The Kier molecular flexibility index (Phi) is 4.13. The van der Waals surface area contributed by atoms with Crippen LogP contribution >= 0.6 is 0 Å². The van der Waals surface area contributed by atoms with E-state index in [1.165, 1.54) is 39.0 Å². The second-order valence-electron chi connectivity index (χ2n) is 6.20. The minimum Gasteiger partial charge on any atom is -0.479 e. The fourth-order valence-electron chi connectivity index (χ4n) is 3.07. The van der Waals surface area contributed by atoms with Crippen molar-refractivity contribution in [3.63, 3.8) is 0 Å². The van der Waals surface area contributed by atoms with Crippen LogP contribution in [-0.4, -0.2) is 34.2 Å². The average Bonchev–Trinajstić information content (AvgIpc) is 3.17. The molecule has 2 rings (SSSR count). The van der Waals surface area contributed by atoms with E-state index in [4.69, 9.17) is 5.11 Å². The molecule has 0 saturated heterocycles. The van der Waals surface area contributed by atoms with Crippen LogP contribution < -0.4 is 5.32 Å². The fourth-order valence-corrected chi connectivity index (χ4v) is 3.07. The van der Waals surface area contributed by atoms with Crippen LogP contribution in [0.25, 0.3) is 0 Å². The van der Waals surface area contributed by atoms with Gasteiger partial charge in [-0.3, -0.25) is 4.79 Å². The van der Waals surface area contributed by atoms with Gasteiger partial charge in [-0.1, -0.05) is 32.1 Å². The quantitative estimate of drug-likeness (QED) is 0.699. The molecule has 0 aliphatic heterocycles. The molecule has 3 atom stereocenters. The maximum absolute atomic E-state index is 11.9. The number of carbonyl (C=O) groups is 2. The number of amides is 1. The van der Waals surface area contributed by atoms with Crippen LogP contribution in [0, 0.1) is 17.8 Å². The van der Waals surface area contributed by atoms with Crippen LogP contribution in [0.1, 0.15) is 45.4 Å². The van der Waals surface area contributed by atoms with E-state index in [9.17, 15) is 14.7 Å². The van der Waals surface area contributed by atoms with E-state index in [0.29, 0.717) is 11.8 Å². The lowest BCUT2D eigenvalue weighted by atomic mass is 9.85. The lowest BCUT2D eigenvalue weighted by Crippen LogP contribution is -2.47. The number of carboxylic acid groups (broad SMARTS) is 1. The molecule has 2 aliphatic carbocycles. The molecule has 108 valence electrons. The van der Waals surface area contributed by atoms with Crippen molar-refractivity contribution >= 4 is 11.9 Å². The van der Waals surface area contributed by atoms with Crippen LogP contribution in [-0.2, 0) is 9.59 Å². The fraction of sp³-hybridized carbons (Fsp3) is 0.857. The number of nitrogens with one attached hydrogen (secondary N) is 1. The highest BCUT2D eigenvalue weighted by Crippen LogP contribution is 2.49. The number of carbonyl (C=O) groups excluding carboxylic acids is 1. The van der Waals surface area contributed by atoms with Gasteiger partial charge in [-0.05, 0) is 25.2 Å². The second kappa shape index (κ2) is 5.49. The average molecular weight is 269 g/mol. The van der Waals surface area contributed by atoms with Gasteiger partial charge in [-0.15, -0.1) is 0 Å². The van der Waals surface area contributed by atoms with E-state index in [1.54, 1.807) is 0 Å². The van der Waals surface area contributed by atoms with Crippen molar-refractivity contribution in [1.82, 2.24) is 5.32 Å². The van der Waals surface area contributed by atoms with Crippen molar-refractivity contribution in [2.45, 2.75) is 51.0 Å². The summed E-state index contributed by atoms with van der Waals surface area (Å²) in [7, 11) is 0. The van der Waals surface area contributed by atoms with Crippen molar-refractivity contribution in [3.8, 4) is 0 Å². The summed E-state index contributed by atoms with van der Waals surface area (Å²) in [6.45, 7) is 0.968. The molecule has 5 nitrogen and oxygen atoms in total. The third-order valence-corrected chi connectivity index (χ3v) is 4.50. The molecule has 19 heavy (non-hydrogen) atoms. The zero-order valence-electron chi connectivity index (χ0n) is 11.4. The summed E-state index contributed by atoms with van der Waals surface area (Å²) in [6.07, 6.45) is 7.21. The molecule has 0 bridgehead atoms. The summed E-state index contributed by atoms with van der Waals surface area (Å²) in [5, 5.41) is 20.9. The molecule has 0 aromatic rings. The summed E-state index contributed by atoms with van der Waals surface area (Å²) < 4.78 is 0. The molecule has 2 aliphatic rings. The Labute approximate surface area is 113 Å². The van der Waals surface area contributed by atoms with Crippen molar-refractivity contribution in [1.29, 1.82) is 0 Å². The van der Waals surface area contributed by atoms with Gasteiger partial charge in [0, 0.05) is 5.92 Å². The number of hydrogen-bond acceptors (Lipinski definition) is 3. The monoisotopic (exact) mass is 269 g/mol. The van der Waals surface area contributed by atoms with Crippen LogP contribution in [0.3, 0.4) is 0 Å². The summed E-state index contributed by atoms with van der Waals surface area (Å²) in [4.78, 5) is 22.6. The molecule has 1 amide bonds. The number of carboxylic acids is 1. The Morgan fingerprint density at radius 3 is 2.47 bits per heavy atom. The molecule has 0 aromatic heterocycles. The van der Waals surface area contributed by atoms with E-state index in [1.807, 2.05) is 0 Å². The largest absolute Gasteiger partial charge is 0.479 e. The number of aliphatic hydroxyl groups is 1. The van der Waals surface area contributed by atoms with Crippen molar-refractivity contribution in [2.75, 3.05) is 6.54 Å². The second-order valence-corrected chi connectivity index (χ2v) is 6.20. The standard InChI is InChI=1S/C14H23NO4/c1-14(19,13(17)18)8-15-12(16)11-7-10(11)9-5-3-2-4-6-9/h9-11,19H,2-8H2,1H3,(H,15,16)(H,17,18). The van der Waals surface area contributed by atoms with Gasteiger partial charge in [0.1, 0.15) is 0 Å². The molecular weight excluding hydrogens is 246 g/mol. The maximum atomic E-state index is 11.9. The molecule has 3 N–H and O–H groups in total. The van der Waals surface area contributed by atoms with Crippen LogP contribution in [0.2, 0.25) is 0 Å². The molecule has 0 aromatic carbocycles. The normalized spacial score (nSPS) is 30.4. The van der Waals surface area contributed by atoms with E-state index in [0.717, 1.165) is 6.42 Å². The zero-order valence-corrected chi connectivity index (χ0v) is 11.4. The topological polar surface area (TPSA) is 86.6 Å². The summed E-state index contributed by atoms with van der Waals surface area (Å²) in [5.41, 5.74) is -1.88. The highest BCUT2D eigenvalue weighted by molar-refractivity contribution is 5.83. The molecular formula is C14H23NO4. The van der Waals surface area contributed by atoms with Crippen LogP contribution in [0.4, 0.5) is 0 Å². The lowest BCUT2D eigenvalue weighted by Gasteiger charge is -2.22. The van der Waals surface area contributed by atoms with Gasteiger partial charge >= 0.3 is 5.97 Å². The predicted molar refractivity (Wildman–Crippen MR) is 69.4 cm³/mol. The van der Waals surface area contributed by atoms with Crippen molar-refractivity contribution < 1.29 is 19.8 Å². The zero-order chi connectivity index (χ0) is 14.0. The van der Waals surface area contributed by atoms with E-state index in [-0.39, 0.29) is 18.4 Å². The van der Waals surface area contributed by atoms with Gasteiger partial charge in [0.05, 0.1) is 6.54 Å². The number of aliphatic carboxylic acids is 1. The summed E-state index contributed by atoms with van der Waals surface area (Å²) >= 11 is 0. The minimum atomic E-state index is -1.88. The molecule has 0 heterocycles. The van der Waals surface area contributed by atoms with Crippen LogP contribution in [0.5, 0.6) is 0 Å². The van der Waals surface area contributed by atoms with Gasteiger partial charge in [0.2, 0.25) is 5.91 Å². The first-order valence-electron chi connectivity index (χ1n) is 7.15. The van der Waals surface area contributed by atoms with Gasteiger partial charge in [-0.2, -0.15) is 0 Å². The first-order chi connectivity index (χ1) is 8.92. The summed E-state index contributed by atoms with van der Waals surface area (Å²) in [6, 6.07) is 0. The molecule has 0 spiro atoms. The van der Waals surface area contributed by atoms with Gasteiger partial charge in [0.15, 0.2) is 5.60 Å². The maximum Gasteiger partial charge on any atom is 0.337 e. The lowest BCUT2D eigenvalue weighted by molar-refractivity contribution is -0.156. The van der Waals surface area contributed by atoms with E-state index in [2.05, 4.69) is 5.32 Å². The molecule has 3 unspecified atom stereocenters. The predicted octanol–water partition coefficient (Wildman–Crippen LogP) is 1.15. The number of rotatable bonds is 5. The highest BCUT2D eigenvalue weighted by atomic mass is 16.4. The summed E-state index contributed by atoms with van der Waals surface area (Å²) in [5.74, 6) is -0.225. The third-order valence-electron chi connectivity index (χ3n) is 4.50. The smallest absolute Gasteiger partial charge is 0.337 e. The molecule has 2 saturated carbocycles.